The van der Waals surface area contributed by atoms with Crippen LogP contribution in [0.15, 0.2) is 6.33 Å². The third kappa shape index (κ3) is 3.21. The van der Waals surface area contributed by atoms with Crippen molar-refractivity contribution < 1.29 is 19.8 Å². The normalized spacial score (nSPS) is 16.7. The maximum Gasteiger partial charge on any atom is 0.206 e. The lowest BCUT2D eigenvalue weighted by Crippen LogP contribution is -3.11. The van der Waals surface area contributed by atoms with E-state index in [4.69, 9.17) is 9.72 Å². The van der Waals surface area contributed by atoms with Crippen LogP contribution in [0.25, 0.3) is 15.9 Å². The van der Waals surface area contributed by atoms with Crippen LogP contribution >= 0.6 is 11.3 Å². The Labute approximate surface area is 155 Å². The van der Waals surface area contributed by atoms with Crippen LogP contribution in [-0.4, -0.2) is 61.7 Å². The van der Waals surface area contributed by atoms with Crippen LogP contribution in [-0.2, 0) is 24.3 Å². The predicted molar refractivity (Wildman–Crippen MR) is 97.3 cm³/mol. The first-order valence-electron chi connectivity index (χ1n) is 8.84. The standard InChI is InChI=1S/C17H23N5O3S/c1-17(2)7-11-12(9-25-17)26-16-14(11)15-19-13(20-22(15)10-18-16)8-21(3-5-23)4-6-24/h10,23-24H,3-9H2,1-2H3/p+1. The minimum Gasteiger partial charge on any atom is -0.391 e. The molecule has 1 aliphatic heterocycles. The summed E-state index contributed by atoms with van der Waals surface area (Å²) in [6.07, 6.45) is 2.54. The lowest BCUT2D eigenvalue weighted by Gasteiger charge is -2.30. The van der Waals surface area contributed by atoms with Crippen LogP contribution < -0.4 is 4.90 Å². The number of rotatable bonds is 6. The summed E-state index contributed by atoms with van der Waals surface area (Å²) in [6.45, 7) is 6.64. The molecule has 4 heterocycles. The van der Waals surface area contributed by atoms with E-state index in [1.165, 1.54) is 10.4 Å². The van der Waals surface area contributed by atoms with Crippen LogP contribution in [0.3, 0.4) is 0 Å². The Bertz CT molecular complexity index is 929. The molecule has 3 N–H and O–H groups in total. The van der Waals surface area contributed by atoms with Gasteiger partial charge in [0.2, 0.25) is 5.82 Å². The van der Waals surface area contributed by atoms with E-state index in [0.717, 1.165) is 27.2 Å². The quantitative estimate of drug-likeness (QED) is 0.538. The highest BCUT2D eigenvalue weighted by atomic mass is 32.1. The summed E-state index contributed by atoms with van der Waals surface area (Å²) in [6, 6.07) is 0. The molecular formula is C17H24N5O3S+. The minimum atomic E-state index is -0.195. The average molecular weight is 378 g/mol. The Morgan fingerprint density at radius 3 is 2.81 bits per heavy atom. The predicted octanol–water partition coefficient (Wildman–Crippen LogP) is -0.440. The summed E-state index contributed by atoms with van der Waals surface area (Å²) in [7, 11) is 0. The van der Waals surface area contributed by atoms with Gasteiger partial charge < -0.3 is 19.8 Å². The van der Waals surface area contributed by atoms with Gasteiger partial charge in [-0.05, 0) is 19.4 Å². The van der Waals surface area contributed by atoms with Crippen molar-refractivity contribution in [2.24, 2.45) is 0 Å². The Balaban J connectivity index is 1.76. The van der Waals surface area contributed by atoms with Gasteiger partial charge in [-0.15, -0.1) is 16.4 Å². The molecule has 0 atom stereocenters. The van der Waals surface area contributed by atoms with Gasteiger partial charge in [-0.25, -0.2) is 14.5 Å². The molecule has 0 spiro atoms. The van der Waals surface area contributed by atoms with Gasteiger partial charge in [0, 0.05) is 11.3 Å². The second-order valence-corrected chi connectivity index (χ2v) is 8.41. The molecule has 0 bridgehead atoms. The van der Waals surface area contributed by atoms with Crippen molar-refractivity contribution in [2.75, 3.05) is 26.3 Å². The van der Waals surface area contributed by atoms with Crippen molar-refractivity contribution in [2.45, 2.75) is 39.0 Å². The molecule has 0 aromatic carbocycles. The van der Waals surface area contributed by atoms with Gasteiger partial charge in [-0.3, -0.25) is 0 Å². The molecule has 140 valence electrons. The van der Waals surface area contributed by atoms with Crippen LogP contribution in [0.2, 0.25) is 0 Å². The van der Waals surface area contributed by atoms with Crippen molar-refractivity contribution in [1.29, 1.82) is 0 Å². The number of aliphatic hydroxyl groups is 2. The first-order chi connectivity index (χ1) is 12.5. The van der Waals surface area contributed by atoms with Gasteiger partial charge in [0.1, 0.15) is 30.8 Å². The fraction of sp³-hybridized carbons (Fsp3) is 0.588. The molecule has 0 saturated heterocycles. The Morgan fingerprint density at radius 2 is 2.08 bits per heavy atom. The average Bonchev–Trinajstić information content (AvgIpc) is 3.14. The van der Waals surface area contributed by atoms with Crippen molar-refractivity contribution in [3.63, 3.8) is 0 Å². The van der Waals surface area contributed by atoms with Gasteiger partial charge in [-0.2, -0.15) is 0 Å². The summed E-state index contributed by atoms with van der Waals surface area (Å²) in [4.78, 5) is 12.6. The smallest absolute Gasteiger partial charge is 0.206 e. The van der Waals surface area contributed by atoms with Gasteiger partial charge in [0.05, 0.1) is 30.8 Å². The number of hydrogen-bond donors (Lipinski definition) is 3. The molecule has 0 aliphatic carbocycles. The number of ether oxygens (including phenoxy) is 1. The summed E-state index contributed by atoms with van der Waals surface area (Å²) in [5.74, 6) is 0.697. The lowest BCUT2D eigenvalue weighted by molar-refractivity contribution is -0.915. The van der Waals surface area contributed by atoms with Gasteiger partial charge >= 0.3 is 0 Å². The molecule has 3 aromatic heterocycles. The first kappa shape index (κ1) is 17.7. The fourth-order valence-electron chi connectivity index (χ4n) is 3.50. The third-order valence-electron chi connectivity index (χ3n) is 4.79. The topological polar surface area (TPSA) is 97.2 Å². The van der Waals surface area contributed by atoms with Crippen molar-refractivity contribution in [3.8, 4) is 0 Å². The number of nitrogens with zero attached hydrogens (tertiary/aromatic N) is 4. The maximum absolute atomic E-state index is 9.21. The molecule has 8 nitrogen and oxygen atoms in total. The summed E-state index contributed by atoms with van der Waals surface area (Å²) >= 11 is 1.67. The molecular weight excluding hydrogens is 354 g/mol. The molecule has 0 amide bonds. The molecule has 26 heavy (non-hydrogen) atoms. The molecule has 0 fully saturated rings. The first-order valence-corrected chi connectivity index (χ1v) is 9.66. The van der Waals surface area contributed by atoms with Crippen LogP contribution in [0.4, 0.5) is 0 Å². The molecule has 0 radical (unpaired) electrons. The summed E-state index contributed by atoms with van der Waals surface area (Å²) in [5, 5.41) is 24.1. The van der Waals surface area contributed by atoms with Gasteiger partial charge in [0.15, 0.2) is 5.65 Å². The fourth-order valence-corrected chi connectivity index (χ4v) is 4.57. The van der Waals surface area contributed by atoms with E-state index < -0.39 is 0 Å². The second-order valence-electron chi connectivity index (χ2n) is 7.32. The maximum atomic E-state index is 9.21. The number of aliphatic hydroxyl groups excluding tert-OH is 2. The molecule has 9 heteroatoms. The third-order valence-corrected chi connectivity index (χ3v) is 5.90. The van der Waals surface area contributed by atoms with E-state index in [1.807, 2.05) is 0 Å². The Hall–Kier alpha value is -1.65. The zero-order chi connectivity index (χ0) is 18.3. The van der Waals surface area contributed by atoms with E-state index in [9.17, 15) is 10.2 Å². The summed E-state index contributed by atoms with van der Waals surface area (Å²) < 4.78 is 7.67. The number of hydrogen-bond acceptors (Lipinski definition) is 7. The molecule has 0 unspecified atom stereocenters. The Morgan fingerprint density at radius 1 is 1.31 bits per heavy atom. The zero-order valence-electron chi connectivity index (χ0n) is 15.0. The minimum absolute atomic E-state index is 0.0711. The van der Waals surface area contributed by atoms with E-state index in [0.29, 0.717) is 32.1 Å². The number of quaternary nitrogens is 1. The monoisotopic (exact) mass is 378 g/mol. The SMILES string of the molecule is CC1(C)Cc2c(sc3ncn4nc(C[NH+](CCO)CCO)nc4c23)CO1. The molecule has 4 rings (SSSR count). The number of thiophene rings is 1. The Kier molecular flexibility index (Phi) is 4.66. The highest BCUT2D eigenvalue weighted by Crippen LogP contribution is 2.39. The molecule has 3 aromatic rings. The van der Waals surface area contributed by atoms with Crippen molar-refractivity contribution in [3.05, 3.63) is 22.6 Å². The van der Waals surface area contributed by atoms with Crippen LogP contribution in [0, 0.1) is 0 Å². The van der Waals surface area contributed by atoms with Crippen LogP contribution in [0.1, 0.15) is 30.1 Å². The highest BCUT2D eigenvalue weighted by molar-refractivity contribution is 7.19. The number of aromatic nitrogens is 4. The lowest BCUT2D eigenvalue weighted by atomic mass is 9.94. The molecule has 0 saturated carbocycles. The molecule has 1 aliphatic rings. The zero-order valence-corrected chi connectivity index (χ0v) is 15.8. The van der Waals surface area contributed by atoms with Crippen molar-refractivity contribution >= 4 is 27.2 Å². The summed E-state index contributed by atoms with van der Waals surface area (Å²) in [5.41, 5.74) is 1.90. The van der Waals surface area contributed by atoms with Gasteiger partial charge in [-0.1, -0.05) is 0 Å². The van der Waals surface area contributed by atoms with E-state index >= 15 is 0 Å². The van der Waals surface area contributed by atoms with E-state index in [1.54, 1.807) is 22.2 Å². The number of fused-ring (bicyclic) bond motifs is 5. The van der Waals surface area contributed by atoms with E-state index in [-0.39, 0.29) is 18.8 Å². The van der Waals surface area contributed by atoms with E-state index in [2.05, 4.69) is 23.9 Å². The largest absolute Gasteiger partial charge is 0.391 e. The van der Waals surface area contributed by atoms with Crippen LogP contribution in [0.5, 0.6) is 0 Å². The second kappa shape index (κ2) is 6.82. The van der Waals surface area contributed by atoms with Crippen molar-refractivity contribution in [1.82, 2.24) is 19.6 Å². The highest BCUT2D eigenvalue weighted by Gasteiger charge is 2.31. The number of nitrogens with one attached hydrogen (secondary N) is 1. The van der Waals surface area contributed by atoms with Gasteiger partial charge in [0.25, 0.3) is 0 Å².